The Balaban J connectivity index is 1.82. The van der Waals surface area contributed by atoms with Crippen LogP contribution in [0.4, 0.5) is 5.69 Å². The molecule has 0 N–H and O–H groups in total. The fraction of sp³-hybridized carbons (Fsp3) is 0.0800. The molecule has 4 aromatic carbocycles. The molecule has 0 unspecified atom stereocenters. The van der Waals surface area contributed by atoms with Crippen molar-refractivity contribution in [2.45, 2.75) is 18.7 Å². The molecule has 0 atom stereocenters. The lowest BCUT2D eigenvalue weighted by Crippen LogP contribution is -2.11. The van der Waals surface area contributed by atoms with Crippen LogP contribution >= 0.6 is 0 Å². The Labute approximate surface area is 176 Å². The molecule has 0 aromatic heterocycles. The molecule has 0 aliphatic heterocycles. The van der Waals surface area contributed by atoms with E-state index >= 15 is 0 Å². The van der Waals surface area contributed by atoms with Gasteiger partial charge in [-0.25, -0.2) is 0 Å². The third-order valence-electron chi connectivity index (χ3n) is 4.85. The smallest absolute Gasteiger partial charge is 0.339 e. The zero-order chi connectivity index (χ0) is 21.1. The predicted molar refractivity (Wildman–Crippen MR) is 121 cm³/mol. The first-order chi connectivity index (χ1) is 14.4. The minimum Gasteiger partial charge on any atom is -0.378 e. The highest BCUT2D eigenvalue weighted by Crippen LogP contribution is 2.30. The average Bonchev–Trinajstić information content (AvgIpc) is 2.74. The van der Waals surface area contributed by atoms with E-state index in [1.54, 1.807) is 30.5 Å². The monoisotopic (exact) mass is 415 g/mol. The van der Waals surface area contributed by atoms with Gasteiger partial charge in [-0.1, -0.05) is 66.2 Å². The van der Waals surface area contributed by atoms with Crippen molar-refractivity contribution < 1.29 is 12.6 Å². The van der Waals surface area contributed by atoms with Crippen molar-refractivity contribution in [1.82, 2.24) is 0 Å². The van der Waals surface area contributed by atoms with E-state index in [4.69, 9.17) is 4.18 Å². The Hall–Kier alpha value is -3.44. The molecule has 0 spiro atoms. The molecule has 30 heavy (non-hydrogen) atoms. The maximum absolute atomic E-state index is 12.8. The highest BCUT2D eigenvalue weighted by atomic mass is 32.2. The fourth-order valence-electron chi connectivity index (χ4n) is 3.32. The summed E-state index contributed by atoms with van der Waals surface area (Å²) in [7, 11) is -3.96. The minimum atomic E-state index is -3.96. The second kappa shape index (κ2) is 8.13. The first kappa shape index (κ1) is 19.9. The second-order valence-electron chi connectivity index (χ2n) is 7.10. The third-order valence-corrected chi connectivity index (χ3v) is 6.10. The van der Waals surface area contributed by atoms with Gasteiger partial charge in [-0.15, -0.1) is 0 Å². The van der Waals surface area contributed by atoms with E-state index in [9.17, 15) is 8.42 Å². The van der Waals surface area contributed by atoms with Crippen molar-refractivity contribution in [3.8, 4) is 5.75 Å². The molecular weight excluding hydrogens is 394 g/mol. The largest absolute Gasteiger partial charge is 0.378 e. The quantitative estimate of drug-likeness (QED) is 0.298. The molecule has 150 valence electrons. The van der Waals surface area contributed by atoms with Crippen LogP contribution in [0.3, 0.4) is 0 Å². The van der Waals surface area contributed by atoms with Gasteiger partial charge in [0.15, 0.2) is 5.75 Å². The van der Waals surface area contributed by atoms with Crippen molar-refractivity contribution in [1.29, 1.82) is 0 Å². The van der Waals surface area contributed by atoms with Crippen molar-refractivity contribution >= 4 is 32.8 Å². The molecule has 0 bridgehead atoms. The summed E-state index contributed by atoms with van der Waals surface area (Å²) in [4.78, 5) is 4.74. The Morgan fingerprint density at radius 1 is 0.833 bits per heavy atom. The maximum Gasteiger partial charge on any atom is 0.339 e. The van der Waals surface area contributed by atoms with Crippen LogP contribution in [0, 0.1) is 13.8 Å². The van der Waals surface area contributed by atoms with Gasteiger partial charge < -0.3 is 4.18 Å². The number of aliphatic imine (C=N–C) groups is 1. The lowest BCUT2D eigenvalue weighted by Gasteiger charge is -2.12. The lowest BCUT2D eigenvalue weighted by molar-refractivity contribution is 0.486. The van der Waals surface area contributed by atoms with E-state index in [0.29, 0.717) is 5.56 Å². The van der Waals surface area contributed by atoms with Crippen LogP contribution in [0.2, 0.25) is 0 Å². The lowest BCUT2D eigenvalue weighted by atomic mass is 10.0. The van der Waals surface area contributed by atoms with Crippen molar-refractivity contribution in [2.24, 2.45) is 4.99 Å². The molecule has 5 heteroatoms. The standard InChI is InChI=1S/C25H21NO3S/c1-18-12-14-24(19(2)16-18)26-17-23-22-11-7-6-8-20(22)13-15-25(23)29-30(27,28)21-9-4-3-5-10-21/h3-17H,1-2H3. The molecule has 0 saturated carbocycles. The summed E-state index contributed by atoms with van der Waals surface area (Å²) in [5.74, 6) is 0.242. The van der Waals surface area contributed by atoms with Gasteiger partial charge in [-0.2, -0.15) is 8.42 Å². The summed E-state index contributed by atoms with van der Waals surface area (Å²) in [6.45, 7) is 4.03. The molecule has 0 heterocycles. The molecule has 0 aliphatic rings. The van der Waals surface area contributed by atoms with Crippen LogP contribution < -0.4 is 4.18 Å². The van der Waals surface area contributed by atoms with Crippen LogP contribution in [0.5, 0.6) is 5.75 Å². The number of benzene rings is 4. The van der Waals surface area contributed by atoms with Crippen LogP contribution in [0.1, 0.15) is 16.7 Å². The van der Waals surface area contributed by atoms with Gasteiger partial charge in [-0.05, 0) is 54.4 Å². The van der Waals surface area contributed by atoms with Crippen LogP contribution in [0.25, 0.3) is 10.8 Å². The second-order valence-corrected chi connectivity index (χ2v) is 8.64. The van der Waals surface area contributed by atoms with E-state index in [2.05, 4.69) is 11.1 Å². The molecule has 4 rings (SSSR count). The molecule has 0 radical (unpaired) electrons. The van der Waals surface area contributed by atoms with Crippen LogP contribution in [0.15, 0.2) is 94.8 Å². The number of nitrogens with zero attached hydrogens (tertiary/aromatic N) is 1. The average molecular weight is 416 g/mol. The van der Waals surface area contributed by atoms with Gasteiger partial charge in [0.1, 0.15) is 4.90 Å². The fourth-order valence-corrected chi connectivity index (χ4v) is 4.29. The topological polar surface area (TPSA) is 55.7 Å². The summed E-state index contributed by atoms with van der Waals surface area (Å²) in [6, 6.07) is 25.4. The molecule has 0 amide bonds. The molecule has 0 aliphatic carbocycles. The number of rotatable bonds is 5. The molecule has 4 aromatic rings. The number of aryl methyl sites for hydroxylation is 2. The van der Waals surface area contributed by atoms with Crippen LogP contribution in [-0.2, 0) is 10.1 Å². The zero-order valence-corrected chi connectivity index (χ0v) is 17.6. The summed E-state index contributed by atoms with van der Waals surface area (Å²) in [5.41, 5.74) is 3.65. The number of fused-ring (bicyclic) bond motifs is 1. The van der Waals surface area contributed by atoms with Gasteiger partial charge in [0, 0.05) is 11.8 Å². The first-order valence-electron chi connectivity index (χ1n) is 9.57. The van der Waals surface area contributed by atoms with Crippen molar-refractivity contribution in [3.05, 3.63) is 102 Å². The predicted octanol–water partition coefficient (Wildman–Crippen LogP) is 5.97. The highest BCUT2D eigenvalue weighted by Gasteiger charge is 2.19. The van der Waals surface area contributed by atoms with Gasteiger partial charge in [0.25, 0.3) is 0 Å². The van der Waals surface area contributed by atoms with E-state index in [0.717, 1.165) is 27.6 Å². The van der Waals surface area contributed by atoms with E-state index in [1.807, 2.05) is 56.3 Å². The van der Waals surface area contributed by atoms with Gasteiger partial charge >= 0.3 is 10.1 Å². The maximum atomic E-state index is 12.8. The summed E-state index contributed by atoms with van der Waals surface area (Å²) in [6.07, 6.45) is 1.68. The summed E-state index contributed by atoms with van der Waals surface area (Å²) >= 11 is 0. The zero-order valence-electron chi connectivity index (χ0n) is 16.7. The SMILES string of the molecule is Cc1ccc(N=Cc2c(OS(=O)(=O)c3ccccc3)ccc3ccccc23)c(C)c1. The van der Waals surface area contributed by atoms with Gasteiger partial charge in [0.05, 0.1) is 5.69 Å². The van der Waals surface area contributed by atoms with Gasteiger partial charge in [-0.3, -0.25) is 4.99 Å². The molecule has 0 saturated heterocycles. The summed E-state index contributed by atoms with van der Waals surface area (Å²) < 4.78 is 31.1. The van der Waals surface area contributed by atoms with Gasteiger partial charge in [0.2, 0.25) is 0 Å². The molecule has 4 nitrogen and oxygen atoms in total. The Bertz CT molecular complexity index is 1340. The number of hydrogen-bond acceptors (Lipinski definition) is 4. The Morgan fingerprint density at radius 3 is 2.33 bits per heavy atom. The van der Waals surface area contributed by atoms with Crippen molar-refractivity contribution in [2.75, 3.05) is 0 Å². The van der Waals surface area contributed by atoms with E-state index < -0.39 is 10.1 Å². The minimum absolute atomic E-state index is 0.107. The molecule has 0 fully saturated rings. The van der Waals surface area contributed by atoms with E-state index in [-0.39, 0.29) is 10.6 Å². The van der Waals surface area contributed by atoms with E-state index in [1.165, 1.54) is 12.1 Å². The molecular formula is C25H21NO3S. The Morgan fingerprint density at radius 2 is 1.57 bits per heavy atom. The first-order valence-corrected chi connectivity index (χ1v) is 11.0. The van der Waals surface area contributed by atoms with Crippen LogP contribution in [-0.4, -0.2) is 14.6 Å². The van der Waals surface area contributed by atoms with Crippen molar-refractivity contribution in [3.63, 3.8) is 0 Å². The third kappa shape index (κ3) is 4.11. The highest BCUT2D eigenvalue weighted by molar-refractivity contribution is 7.87. The summed E-state index contributed by atoms with van der Waals surface area (Å²) in [5, 5.41) is 1.84. The normalized spacial score (nSPS) is 11.8. The Kier molecular flexibility index (Phi) is 5.38. The number of hydrogen-bond donors (Lipinski definition) is 0.